The Balaban J connectivity index is 4.47. The van der Waals surface area contributed by atoms with Gasteiger partial charge in [-0.25, -0.2) is 0 Å². The lowest BCUT2D eigenvalue weighted by atomic mass is 10.0. The molecular weight excluding hydrogens is 985 g/mol. The standard InChI is InChI=1S/C74H120O6/c1-4-7-10-13-16-19-22-25-28-30-32-33-34-35-36-37-38-39-40-41-42-44-46-49-52-55-58-61-64-67-73(76)79-70-71(69-78-72(75)66-63-60-57-54-51-48-45-27-24-21-18-15-12-9-6-3)80-74(77)68-65-62-59-56-53-50-47-43-31-29-26-23-20-17-14-11-8-5-2/h7,9-10,12,16,18-19,21,25,27-28,32-33,35-36,38-39,41-42,45-46,49,55,58,71H,4-6,8,11,13-15,17,20,22-24,26,29-31,34,37,40,43-44,47-48,50-54,56-57,59-70H2,1-3H3/b10-7-,12-9-,19-16-,21-18-,28-25-,33-32-,36-35-,39-38-,42-41-,45-27-,49-46-,58-55-. The van der Waals surface area contributed by atoms with Crippen molar-refractivity contribution in [3.63, 3.8) is 0 Å². The van der Waals surface area contributed by atoms with E-state index in [9.17, 15) is 14.4 Å². The number of hydrogen-bond donors (Lipinski definition) is 0. The zero-order chi connectivity index (χ0) is 57.8. The van der Waals surface area contributed by atoms with Crippen molar-refractivity contribution < 1.29 is 28.6 Å². The molecule has 0 aromatic carbocycles. The fourth-order valence-electron chi connectivity index (χ4n) is 8.75. The van der Waals surface area contributed by atoms with Crippen LogP contribution in [0.3, 0.4) is 0 Å². The zero-order valence-corrected chi connectivity index (χ0v) is 51.8. The van der Waals surface area contributed by atoms with Gasteiger partial charge >= 0.3 is 17.9 Å². The van der Waals surface area contributed by atoms with Gasteiger partial charge in [0, 0.05) is 19.3 Å². The average molecular weight is 1110 g/mol. The summed E-state index contributed by atoms with van der Waals surface area (Å²) in [7, 11) is 0. The van der Waals surface area contributed by atoms with E-state index in [4.69, 9.17) is 14.2 Å². The van der Waals surface area contributed by atoms with Gasteiger partial charge in [0.05, 0.1) is 0 Å². The van der Waals surface area contributed by atoms with E-state index < -0.39 is 6.10 Å². The van der Waals surface area contributed by atoms with Gasteiger partial charge in [-0.2, -0.15) is 0 Å². The molecule has 0 aliphatic carbocycles. The van der Waals surface area contributed by atoms with Crippen molar-refractivity contribution in [3.8, 4) is 0 Å². The van der Waals surface area contributed by atoms with Crippen LogP contribution in [0, 0.1) is 0 Å². The monoisotopic (exact) mass is 1100 g/mol. The summed E-state index contributed by atoms with van der Waals surface area (Å²) in [4.78, 5) is 38.3. The molecule has 0 aliphatic heterocycles. The molecule has 0 aromatic rings. The van der Waals surface area contributed by atoms with Crippen molar-refractivity contribution in [2.24, 2.45) is 0 Å². The molecule has 0 saturated carbocycles. The second kappa shape index (κ2) is 66.8. The van der Waals surface area contributed by atoms with Crippen molar-refractivity contribution in [3.05, 3.63) is 146 Å². The van der Waals surface area contributed by atoms with Gasteiger partial charge in [-0.3, -0.25) is 14.4 Å². The maximum Gasteiger partial charge on any atom is 0.306 e. The predicted octanol–water partition coefficient (Wildman–Crippen LogP) is 22.7. The maximum atomic E-state index is 12.9. The number of unbranched alkanes of at least 4 members (excludes halogenated alkanes) is 23. The van der Waals surface area contributed by atoms with Crippen LogP contribution in [0.15, 0.2) is 146 Å². The summed E-state index contributed by atoms with van der Waals surface area (Å²) in [6.07, 6.45) is 95.8. The van der Waals surface area contributed by atoms with Crippen molar-refractivity contribution in [1.82, 2.24) is 0 Å². The van der Waals surface area contributed by atoms with Crippen molar-refractivity contribution in [2.75, 3.05) is 13.2 Å². The third-order valence-electron chi connectivity index (χ3n) is 13.6. The Morgan fingerprint density at radius 2 is 0.500 bits per heavy atom. The quantitative estimate of drug-likeness (QED) is 0.0261. The lowest BCUT2D eigenvalue weighted by molar-refractivity contribution is -0.167. The molecule has 0 fully saturated rings. The summed E-state index contributed by atoms with van der Waals surface area (Å²) >= 11 is 0. The molecule has 6 heteroatoms. The fraction of sp³-hybridized carbons (Fsp3) is 0.635. The molecule has 1 atom stereocenters. The van der Waals surface area contributed by atoms with Crippen molar-refractivity contribution in [1.29, 1.82) is 0 Å². The Hall–Kier alpha value is -4.71. The molecule has 0 heterocycles. The summed E-state index contributed by atoms with van der Waals surface area (Å²) < 4.78 is 16.9. The molecule has 0 spiro atoms. The highest BCUT2D eigenvalue weighted by Crippen LogP contribution is 2.16. The SMILES string of the molecule is CC/C=C\C/C=C\C/C=C\C/C=C\C/C=C\C/C=C\C/C=C\C/C=C\C/C=C\CCCC(=O)OCC(COC(=O)CCCCCCC/C=C\C/C=C\C/C=C\CC)OC(=O)CCCCCCCCCCCCCCCCCCCC. The molecule has 80 heavy (non-hydrogen) atoms. The molecule has 0 rings (SSSR count). The van der Waals surface area contributed by atoms with Crippen LogP contribution in [0.1, 0.15) is 284 Å². The van der Waals surface area contributed by atoms with Crippen LogP contribution in [-0.4, -0.2) is 37.2 Å². The van der Waals surface area contributed by atoms with E-state index in [2.05, 4.69) is 167 Å². The predicted molar refractivity (Wildman–Crippen MR) is 348 cm³/mol. The topological polar surface area (TPSA) is 78.9 Å². The van der Waals surface area contributed by atoms with Crippen molar-refractivity contribution in [2.45, 2.75) is 290 Å². The van der Waals surface area contributed by atoms with E-state index in [1.165, 1.54) is 96.3 Å². The van der Waals surface area contributed by atoms with Gasteiger partial charge < -0.3 is 14.2 Å². The highest BCUT2D eigenvalue weighted by molar-refractivity contribution is 5.71. The summed E-state index contributed by atoms with van der Waals surface area (Å²) in [6, 6.07) is 0. The van der Waals surface area contributed by atoms with Gasteiger partial charge in [-0.05, 0) is 116 Å². The van der Waals surface area contributed by atoms with E-state index in [1.54, 1.807) is 0 Å². The van der Waals surface area contributed by atoms with Gasteiger partial charge in [0.2, 0.25) is 0 Å². The molecule has 0 aromatic heterocycles. The average Bonchev–Trinajstić information content (AvgIpc) is 3.46. The fourth-order valence-corrected chi connectivity index (χ4v) is 8.75. The Kier molecular flexibility index (Phi) is 62.9. The molecule has 6 nitrogen and oxygen atoms in total. The molecule has 0 saturated heterocycles. The largest absolute Gasteiger partial charge is 0.462 e. The number of carbonyl (C=O) groups excluding carboxylic acids is 3. The molecule has 0 N–H and O–H groups in total. The minimum absolute atomic E-state index is 0.108. The molecule has 0 radical (unpaired) electrons. The second-order valence-electron chi connectivity index (χ2n) is 21.3. The molecular formula is C74H120O6. The third kappa shape index (κ3) is 64.1. The van der Waals surface area contributed by atoms with Gasteiger partial charge in [0.1, 0.15) is 13.2 Å². The summed E-state index contributed by atoms with van der Waals surface area (Å²) in [5.74, 6) is -0.981. The van der Waals surface area contributed by atoms with Gasteiger partial charge in [0.25, 0.3) is 0 Å². The van der Waals surface area contributed by atoms with E-state index in [0.29, 0.717) is 19.3 Å². The highest BCUT2D eigenvalue weighted by Gasteiger charge is 2.19. The Morgan fingerprint density at radius 3 is 0.812 bits per heavy atom. The van der Waals surface area contributed by atoms with Gasteiger partial charge in [0.15, 0.2) is 6.10 Å². The second-order valence-corrected chi connectivity index (χ2v) is 21.3. The number of allylic oxidation sites excluding steroid dienone is 24. The summed E-state index contributed by atoms with van der Waals surface area (Å²) in [5, 5.41) is 0. The third-order valence-corrected chi connectivity index (χ3v) is 13.6. The molecule has 452 valence electrons. The van der Waals surface area contributed by atoms with Crippen LogP contribution in [0.5, 0.6) is 0 Å². The first kappa shape index (κ1) is 75.3. The molecule has 0 amide bonds. The van der Waals surface area contributed by atoms with Crippen LogP contribution < -0.4 is 0 Å². The Labute approximate surface area is 493 Å². The lowest BCUT2D eigenvalue weighted by Crippen LogP contribution is -2.30. The summed E-state index contributed by atoms with van der Waals surface area (Å²) in [5.41, 5.74) is 0. The lowest BCUT2D eigenvalue weighted by Gasteiger charge is -2.18. The maximum absolute atomic E-state index is 12.9. The molecule has 0 bridgehead atoms. The zero-order valence-electron chi connectivity index (χ0n) is 51.8. The molecule has 0 aliphatic rings. The van der Waals surface area contributed by atoms with Crippen LogP contribution >= 0.6 is 0 Å². The van der Waals surface area contributed by atoms with Gasteiger partial charge in [-0.1, -0.05) is 295 Å². The first-order valence-electron chi connectivity index (χ1n) is 32.8. The first-order valence-corrected chi connectivity index (χ1v) is 32.8. The van der Waals surface area contributed by atoms with E-state index in [-0.39, 0.29) is 37.5 Å². The number of hydrogen-bond acceptors (Lipinski definition) is 6. The van der Waals surface area contributed by atoms with Gasteiger partial charge in [-0.15, -0.1) is 0 Å². The van der Waals surface area contributed by atoms with Crippen LogP contribution in [0.25, 0.3) is 0 Å². The normalized spacial score (nSPS) is 13.1. The summed E-state index contributed by atoms with van der Waals surface area (Å²) in [6.45, 7) is 6.37. The van der Waals surface area contributed by atoms with Crippen LogP contribution in [0.2, 0.25) is 0 Å². The number of carbonyl (C=O) groups is 3. The van der Waals surface area contributed by atoms with E-state index in [1.807, 2.05) is 0 Å². The van der Waals surface area contributed by atoms with Crippen molar-refractivity contribution >= 4 is 17.9 Å². The van der Waals surface area contributed by atoms with Crippen LogP contribution in [0.4, 0.5) is 0 Å². The first-order chi connectivity index (χ1) is 39.5. The van der Waals surface area contributed by atoms with E-state index in [0.717, 1.165) is 141 Å². The molecule has 1 unspecified atom stereocenters. The highest BCUT2D eigenvalue weighted by atomic mass is 16.6. The van der Waals surface area contributed by atoms with Crippen LogP contribution in [-0.2, 0) is 28.6 Å². The smallest absolute Gasteiger partial charge is 0.306 e. The minimum Gasteiger partial charge on any atom is -0.462 e. The minimum atomic E-state index is -0.814. The Morgan fingerprint density at radius 1 is 0.263 bits per heavy atom. The van der Waals surface area contributed by atoms with E-state index >= 15 is 0 Å². The number of rotatable bonds is 58. The number of ether oxygens (including phenoxy) is 3. The number of esters is 3. The Bertz CT molecular complexity index is 1750.